The third-order valence-corrected chi connectivity index (χ3v) is 5.55. The first-order valence-electron chi connectivity index (χ1n) is 9.91. The fourth-order valence-electron chi connectivity index (χ4n) is 4.23. The highest BCUT2D eigenvalue weighted by Gasteiger charge is 2.43. The van der Waals surface area contributed by atoms with Crippen LogP contribution in [0.1, 0.15) is 48.3 Å². The van der Waals surface area contributed by atoms with Gasteiger partial charge in [0.2, 0.25) is 0 Å². The van der Waals surface area contributed by atoms with Crippen LogP contribution in [0.5, 0.6) is 11.5 Å². The number of ether oxygens (including phenoxy) is 2. The first-order valence-corrected chi connectivity index (χ1v) is 9.91. The highest BCUT2D eigenvalue weighted by Crippen LogP contribution is 2.48. The molecule has 2 heterocycles. The number of nitrogens with zero attached hydrogens (tertiary/aromatic N) is 1. The number of rotatable bonds is 4. The lowest BCUT2D eigenvalue weighted by Gasteiger charge is -2.38. The van der Waals surface area contributed by atoms with Gasteiger partial charge in [-0.1, -0.05) is 60.7 Å². The molecule has 28 heavy (non-hydrogen) atoms. The summed E-state index contributed by atoms with van der Waals surface area (Å²) < 4.78 is 12.0. The minimum Gasteiger partial charge on any atom is -0.494 e. The van der Waals surface area contributed by atoms with E-state index in [1.807, 2.05) is 25.1 Å². The van der Waals surface area contributed by atoms with Gasteiger partial charge in [0.05, 0.1) is 12.6 Å². The molecule has 2 aliphatic heterocycles. The number of hydrazine groups is 1. The summed E-state index contributed by atoms with van der Waals surface area (Å²) in [6.45, 7) is 2.67. The van der Waals surface area contributed by atoms with Gasteiger partial charge in [-0.3, -0.25) is 0 Å². The Bertz CT molecular complexity index is 942. The normalized spacial score (nSPS) is 23.5. The summed E-state index contributed by atoms with van der Waals surface area (Å²) in [4.78, 5) is 0. The summed E-state index contributed by atoms with van der Waals surface area (Å²) >= 11 is 0. The van der Waals surface area contributed by atoms with Gasteiger partial charge in [0.1, 0.15) is 11.5 Å². The molecule has 1 saturated heterocycles. The van der Waals surface area contributed by atoms with Gasteiger partial charge < -0.3 is 9.47 Å². The van der Waals surface area contributed by atoms with Gasteiger partial charge in [-0.05, 0) is 37.1 Å². The summed E-state index contributed by atoms with van der Waals surface area (Å²) in [5.74, 6) is 1.86. The second kappa shape index (κ2) is 7.30. The zero-order valence-corrected chi connectivity index (χ0v) is 15.9. The van der Waals surface area contributed by atoms with Gasteiger partial charge in [0.25, 0.3) is 0 Å². The molecule has 3 aromatic rings. The number of fused-ring (bicyclic) bond motifs is 3. The molecule has 142 valence electrons. The fourth-order valence-corrected chi connectivity index (χ4v) is 4.23. The lowest BCUT2D eigenvalue weighted by molar-refractivity contribution is -0.0434. The number of hydrogen-bond acceptors (Lipinski definition) is 4. The molecule has 2 aliphatic rings. The number of para-hydroxylation sites is 1. The van der Waals surface area contributed by atoms with E-state index in [0.717, 1.165) is 23.5 Å². The van der Waals surface area contributed by atoms with Crippen molar-refractivity contribution in [1.82, 2.24) is 10.4 Å². The summed E-state index contributed by atoms with van der Waals surface area (Å²) in [5.41, 5.74) is 7.38. The van der Waals surface area contributed by atoms with Crippen molar-refractivity contribution in [2.45, 2.75) is 31.7 Å². The number of hydrogen-bond donors (Lipinski definition) is 1. The van der Waals surface area contributed by atoms with Crippen molar-refractivity contribution < 1.29 is 9.47 Å². The molecular formula is C24H24N2O2. The van der Waals surface area contributed by atoms with Crippen LogP contribution in [0, 0.1) is 0 Å². The molecule has 1 fully saturated rings. The summed E-state index contributed by atoms with van der Waals surface area (Å²) in [7, 11) is 0. The zero-order chi connectivity index (χ0) is 18.9. The molecule has 0 aromatic heterocycles. The Labute approximate surface area is 165 Å². The maximum Gasteiger partial charge on any atom is 0.191 e. The van der Waals surface area contributed by atoms with Crippen molar-refractivity contribution in [2.24, 2.45) is 0 Å². The molecule has 4 nitrogen and oxygen atoms in total. The van der Waals surface area contributed by atoms with Gasteiger partial charge in [0, 0.05) is 17.2 Å². The van der Waals surface area contributed by atoms with Gasteiger partial charge in [0.15, 0.2) is 6.23 Å². The van der Waals surface area contributed by atoms with Gasteiger partial charge in [-0.2, -0.15) is 5.01 Å². The van der Waals surface area contributed by atoms with Crippen LogP contribution in [-0.4, -0.2) is 11.6 Å². The van der Waals surface area contributed by atoms with Crippen molar-refractivity contribution in [3.8, 4) is 11.5 Å². The van der Waals surface area contributed by atoms with E-state index in [1.165, 1.54) is 11.1 Å². The van der Waals surface area contributed by atoms with E-state index in [9.17, 15) is 0 Å². The van der Waals surface area contributed by atoms with E-state index in [1.54, 1.807) is 0 Å². The topological polar surface area (TPSA) is 33.7 Å². The zero-order valence-electron chi connectivity index (χ0n) is 15.9. The SMILES string of the molecule is CCOc1ccc([C@H]2Oc3ccccc3[C@H]3C[C@@H](c4ccccc4)NN32)cc1. The van der Waals surface area contributed by atoms with Crippen molar-refractivity contribution in [3.63, 3.8) is 0 Å². The van der Waals surface area contributed by atoms with Crippen LogP contribution in [0.15, 0.2) is 78.9 Å². The van der Waals surface area contributed by atoms with Crippen LogP contribution in [-0.2, 0) is 0 Å². The molecule has 4 heteroatoms. The van der Waals surface area contributed by atoms with Crippen molar-refractivity contribution in [1.29, 1.82) is 0 Å². The van der Waals surface area contributed by atoms with Gasteiger partial charge >= 0.3 is 0 Å². The Kier molecular flexibility index (Phi) is 4.51. The highest BCUT2D eigenvalue weighted by atomic mass is 16.5. The van der Waals surface area contributed by atoms with Crippen LogP contribution in [0.3, 0.4) is 0 Å². The first-order chi connectivity index (χ1) is 13.8. The molecule has 0 bridgehead atoms. The number of nitrogens with one attached hydrogen (secondary N) is 1. The van der Waals surface area contributed by atoms with Gasteiger partial charge in [-0.15, -0.1) is 0 Å². The lowest BCUT2D eigenvalue weighted by atomic mass is 9.95. The third kappa shape index (κ3) is 3.05. The van der Waals surface area contributed by atoms with Crippen molar-refractivity contribution in [2.75, 3.05) is 6.61 Å². The Morgan fingerprint density at radius 3 is 2.46 bits per heavy atom. The monoisotopic (exact) mass is 372 g/mol. The van der Waals surface area contributed by atoms with Crippen molar-refractivity contribution in [3.05, 3.63) is 95.6 Å². The summed E-state index contributed by atoms with van der Waals surface area (Å²) in [6.07, 6.45) is 0.835. The molecular weight excluding hydrogens is 348 g/mol. The highest BCUT2D eigenvalue weighted by molar-refractivity contribution is 5.41. The molecule has 0 aliphatic carbocycles. The average molecular weight is 372 g/mol. The lowest BCUT2D eigenvalue weighted by Crippen LogP contribution is -2.42. The van der Waals surface area contributed by atoms with E-state index in [4.69, 9.17) is 9.47 Å². The summed E-state index contributed by atoms with van der Waals surface area (Å²) in [6, 6.07) is 27.8. The fraction of sp³-hybridized carbons (Fsp3) is 0.250. The van der Waals surface area contributed by atoms with Crippen LogP contribution < -0.4 is 14.9 Å². The second-order valence-corrected chi connectivity index (χ2v) is 7.26. The van der Waals surface area contributed by atoms with Crippen LogP contribution in [0.25, 0.3) is 0 Å². The Morgan fingerprint density at radius 2 is 1.68 bits per heavy atom. The quantitative estimate of drug-likeness (QED) is 0.685. The maximum absolute atomic E-state index is 6.44. The Morgan fingerprint density at radius 1 is 0.929 bits per heavy atom. The molecule has 0 radical (unpaired) electrons. The standard InChI is InChI=1S/C24H24N2O2/c1-2-27-19-14-12-18(13-15-19)24-26-22(20-10-6-7-11-23(20)28-24)16-21(25-26)17-8-4-3-5-9-17/h3-15,21-22,24-25H,2,16H2,1H3/t21-,22+,24+/m0/s1. The van der Waals surface area contributed by atoms with E-state index >= 15 is 0 Å². The minimum absolute atomic E-state index is 0.177. The average Bonchev–Trinajstić information content (AvgIpc) is 3.20. The van der Waals surface area contributed by atoms with Crippen LogP contribution >= 0.6 is 0 Å². The van der Waals surface area contributed by atoms with Crippen LogP contribution in [0.4, 0.5) is 0 Å². The molecule has 0 amide bonds. The Balaban J connectivity index is 1.50. The molecule has 3 atom stereocenters. The smallest absolute Gasteiger partial charge is 0.191 e. The van der Waals surface area contributed by atoms with E-state index in [0.29, 0.717) is 6.61 Å². The molecule has 5 rings (SSSR count). The van der Waals surface area contributed by atoms with Gasteiger partial charge in [-0.25, -0.2) is 5.43 Å². The Hall–Kier alpha value is -2.82. The van der Waals surface area contributed by atoms with E-state index in [-0.39, 0.29) is 18.3 Å². The van der Waals surface area contributed by atoms with Crippen LogP contribution in [0.2, 0.25) is 0 Å². The second-order valence-electron chi connectivity index (χ2n) is 7.26. The van der Waals surface area contributed by atoms with E-state index < -0.39 is 0 Å². The maximum atomic E-state index is 6.44. The summed E-state index contributed by atoms with van der Waals surface area (Å²) in [5, 5.41) is 2.27. The molecule has 0 spiro atoms. The number of benzene rings is 3. The van der Waals surface area contributed by atoms with E-state index in [2.05, 4.69) is 71.1 Å². The molecule has 0 unspecified atom stereocenters. The largest absolute Gasteiger partial charge is 0.494 e. The third-order valence-electron chi connectivity index (χ3n) is 5.55. The molecule has 1 N–H and O–H groups in total. The first kappa shape index (κ1) is 17.3. The minimum atomic E-state index is -0.177. The molecule has 0 saturated carbocycles. The molecule has 3 aromatic carbocycles. The predicted octanol–water partition coefficient (Wildman–Crippen LogP) is 5.17. The predicted molar refractivity (Wildman–Crippen MR) is 109 cm³/mol. The van der Waals surface area contributed by atoms with Crippen molar-refractivity contribution >= 4 is 0 Å².